The Balaban J connectivity index is 1.18. The normalized spacial score (nSPS) is 11.5. The number of unbranched alkanes of at least 4 members (excludes halogenated alkanes) is 1. The van der Waals surface area contributed by atoms with Gasteiger partial charge in [-0.1, -0.05) is 74.0 Å². The van der Waals surface area contributed by atoms with Gasteiger partial charge >= 0.3 is 11.9 Å². The lowest BCUT2D eigenvalue weighted by atomic mass is 10.1. The molecule has 2 amide bonds. The Labute approximate surface area is 360 Å². The van der Waals surface area contributed by atoms with Crippen molar-refractivity contribution in [3.8, 4) is 0 Å². The van der Waals surface area contributed by atoms with Crippen molar-refractivity contribution >= 4 is 41.2 Å². The number of imidazole rings is 1. The Morgan fingerprint density at radius 1 is 0.710 bits per heavy atom. The SMILES string of the molecule is CCCCc1ncc(/C=C(\Cc2ccsc2)C(=O)NCC(=O)OCc2ccc(CON(O)O)cc2)n1Cc1ccc(C(=O)NCC(=O)OCc2ccc(CON(O)O)cc2)cc1. The van der Waals surface area contributed by atoms with E-state index < -0.39 is 23.8 Å². The van der Waals surface area contributed by atoms with Crippen LogP contribution in [0.15, 0.2) is 101 Å². The summed E-state index contributed by atoms with van der Waals surface area (Å²) in [6.45, 7) is 1.59. The number of aromatic nitrogens is 2. The van der Waals surface area contributed by atoms with E-state index in [4.69, 9.17) is 35.3 Å². The minimum absolute atomic E-state index is 0.0212. The molecule has 2 heterocycles. The summed E-state index contributed by atoms with van der Waals surface area (Å²) in [5, 5.41) is 43.1. The monoisotopic (exact) mass is 872 g/mol. The van der Waals surface area contributed by atoms with Crippen molar-refractivity contribution in [2.75, 3.05) is 13.1 Å². The molecule has 0 bridgehead atoms. The fraction of sp³-hybridized carbons (Fsp3) is 0.279. The highest BCUT2D eigenvalue weighted by Crippen LogP contribution is 2.20. The van der Waals surface area contributed by atoms with Crippen molar-refractivity contribution in [1.82, 2.24) is 31.0 Å². The fourth-order valence-corrected chi connectivity index (χ4v) is 6.54. The zero-order chi connectivity index (χ0) is 44.3. The molecule has 62 heavy (non-hydrogen) atoms. The van der Waals surface area contributed by atoms with E-state index >= 15 is 0 Å². The summed E-state index contributed by atoms with van der Waals surface area (Å²) in [7, 11) is 0. The molecule has 0 aliphatic carbocycles. The van der Waals surface area contributed by atoms with Crippen LogP contribution in [0.3, 0.4) is 0 Å². The highest BCUT2D eigenvalue weighted by atomic mass is 32.1. The Morgan fingerprint density at radius 2 is 1.24 bits per heavy atom. The van der Waals surface area contributed by atoms with Crippen molar-refractivity contribution in [3.63, 3.8) is 0 Å². The number of esters is 2. The van der Waals surface area contributed by atoms with E-state index in [0.29, 0.717) is 58.5 Å². The van der Waals surface area contributed by atoms with Crippen LogP contribution in [0.25, 0.3) is 6.08 Å². The Hall–Kier alpha value is -6.13. The van der Waals surface area contributed by atoms with Crippen LogP contribution in [0.4, 0.5) is 0 Å². The zero-order valence-corrected chi connectivity index (χ0v) is 34.7. The van der Waals surface area contributed by atoms with Crippen LogP contribution in [0, 0.1) is 0 Å². The van der Waals surface area contributed by atoms with Crippen LogP contribution in [-0.2, 0) is 79.3 Å². The molecule has 0 unspecified atom stereocenters. The number of carbonyl (C=O) groups excluding carboxylic acids is 4. The molecule has 0 saturated carbocycles. The molecule has 5 aromatic rings. The van der Waals surface area contributed by atoms with Gasteiger partial charge in [-0.2, -0.15) is 11.3 Å². The van der Waals surface area contributed by atoms with Gasteiger partial charge in [0.2, 0.25) is 5.91 Å². The van der Waals surface area contributed by atoms with Crippen LogP contribution >= 0.6 is 11.3 Å². The molecule has 0 radical (unpaired) electrons. The quantitative estimate of drug-likeness (QED) is 0.0262. The molecule has 19 heteroatoms. The van der Waals surface area contributed by atoms with Crippen molar-refractivity contribution < 1.29 is 59.2 Å². The van der Waals surface area contributed by atoms with Crippen LogP contribution in [0.1, 0.15) is 75.0 Å². The predicted octanol–water partition coefficient (Wildman–Crippen LogP) is 5.32. The number of amides is 2. The third-order valence-electron chi connectivity index (χ3n) is 9.19. The number of nitrogens with one attached hydrogen (secondary N) is 2. The molecule has 0 fully saturated rings. The second-order valence-electron chi connectivity index (χ2n) is 13.8. The van der Waals surface area contributed by atoms with Gasteiger partial charge in [-0.15, -0.1) is 0 Å². The highest BCUT2D eigenvalue weighted by molar-refractivity contribution is 7.07. The van der Waals surface area contributed by atoms with E-state index in [1.807, 2.05) is 33.5 Å². The summed E-state index contributed by atoms with van der Waals surface area (Å²) in [6, 6.07) is 22.4. The van der Waals surface area contributed by atoms with Crippen LogP contribution < -0.4 is 10.6 Å². The molecule has 0 saturated heterocycles. The maximum Gasteiger partial charge on any atom is 0.325 e. The average molecular weight is 873 g/mol. The number of nitrogens with zero attached hydrogens (tertiary/aromatic N) is 4. The minimum Gasteiger partial charge on any atom is -0.460 e. The van der Waals surface area contributed by atoms with Gasteiger partial charge in [0.25, 0.3) is 5.91 Å². The van der Waals surface area contributed by atoms with Gasteiger partial charge in [0.1, 0.15) is 32.1 Å². The average Bonchev–Trinajstić information content (AvgIpc) is 3.93. The van der Waals surface area contributed by atoms with Gasteiger partial charge in [0.15, 0.2) is 0 Å². The maximum absolute atomic E-state index is 13.6. The lowest BCUT2D eigenvalue weighted by Crippen LogP contribution is -2.32. The number of aryl methyl sites for hydroxylation is 1. The van der Waals surface area contributed by atoms with Gasteiger partial charge < -0.3 is 24.7 Å². The van der Waals surface area contributed by atoms with Crippen molar-refractivity contribution in [2.45, 2.75) is 65.6 Å². The first-order chi connectivity index (χ1) is 29.9. The third kappa shape index (κ3) is 15.7. The first-order valence-corrected chi connectivity index (χ1v) is 20.4. The largest absolute Gasteiger partial charge is 0.460 e. The highest BCUT2D eigenvalue weighted by Gasteiger charge is 2.17. The molecule has 5 rings (SSSR count). The van der Waals surface area contributed by atoms with E-state index in [-0.39, 0.29) is 50.3 Å². The molecule has 3 aromatic carbocycles. The van der Waals surface area contributed by atoms with Gasteiger partial charge in [-0.05, 0) is 74.8 Å². The topological polar surface area (TPSA) is 234 Å². The summed E-state index contributed by atoms with van der Waals surface area (Å²) in [5.74, 6) is -1.33. The van der Waals surface area contributed by atoms with Crippen LogP contribution in [0.2, 0.25) is 0 Å². The molecule has 0 atom stereocenters. The van der Waals surface area contributed by atoms with Crippen molar-refractivity contribution in [1.29, 1.82) is 0 Å². The van der Waals surface area contributed by atoms with Gasteiger partial charge in [-0.25, -0.2) is 14.7 Å². The summed E-state index contributed by atoms with van der Waals surface area (Å²) >= 11 is 1.51. The molecule has 328 valence electrons. The number of carbonyl (C=O) groups is 4. The van der Waals surface area contributed by atoms with Gasteiger partial charge in [-0.3, -0.25) is 40.0 Å². The standard InChI is InChI=1S/C43H48N6O12S/c1-2-3-4-39-44-21-38(20-37(19-35-17-18-62-29-35)43(53)46-23-41(51)59-26-32-7-11-34(12-8-32)28-61-49(56)57)47(39)24-30-13-15-36(16-14-30)42(52)45-22-40(50)58-25-31-5-9-33(10-6-31)27-60-48(54)55/h5-18,20-21,29,54-57H,2-4,19,22-28H2,1H3,(H,45,52)(H,46,53)/b37-20+. The van der Waals surface area contributed by atoms with E-state index in [1.54, 1.807) is 72.9 Å². The molecular weight excluding hydrogens is 825 g/mol. The zero-order valence-electron chi connectivity index (χ0n) is 33.8. The summed E-state index contributed by atoms with van der Waals surface area (Å²) in [4.78, 5) is 65.4. The van der Waals surface area contributed by atoms with Gasteiger partial charge in [0, 0.05) is 30.5 Å². The lowest BCUT2D eigenvalue weighted by molar-refractivity contribution is -0.497. The van der Waals surface area contributed by atoms with Gasteiger partial charge in [0.05, 0.1) is 35.9 Å². The van der Waals surface area contributed by atoms with E-state index in [9.17, 15) is 19.2 Å². The Bertz CT molecular complexity index is 2230. The Morgan fingerprint density at radius 3 is 1.76 bits per heavy atom. The summed E-state index contributed by atoms with van der Waals surface area (Å²) in [6.07, 6.45) is 6.34. The molecular formula is C43H48N6O12S. The number of ether oxygens (including phenoxy) is 2. The van der Waals surface area contributed by atoms with Crippen molar-refractivity contribution in [2.24, 2.45) is 0 Å². The summed E-state index contributed by atoms with van der Waals surface area (Å²) in [5.41, 5.74) is 5.93. The second-order valence-corrected chi connectivity index (χ2v) is 14.6. The minimum atomic E-state index is -0.631. The molecule has 0 aliphatic rings. The molecule has 2 aromatic heterocycles. The first kappa shape index (κ1) is 46.9. The first-order valence-electron chi connectivity index (χ1n) is 19.5. The van der Waals surface area contributed by atoms with Crippen LogP contribution in [0.5, 0.6) is 0 Å². The number of rotatable bonds is 24. The molecule has 0 aliphatic heterocycles. The third-order valence-corrected chi connectivity index (χ3v) is 9.93. The lowest BCUT2D eigenvalue weighted by Gasteiger charge is -2.13. The van der Waals surface area contributed by atoms with E-state index in [1.165, 1.54) is 11.3 Å². The number of hydrogen-bond acceptors (Lipinski definition) is 16. The Kier molecular flexibility index (Phi) is 18.4. The number of thiophene rings is 1. The fourth-order valence-electron chi connectivity index (χ4n) is 5.87. The van der Waals surface area contributed by atoms with E-state index in [0.717, 1.165) is 29.8 Å². The number of benzene rings is 3. The van der Waals surface area contributed by atoms with Crippen LogP contribution in [-0.4, -0.2) is 78.0 Å². The number of hydrogen-bond donors (Lipinski definition) is 6. The van der Waals surface area contributed by atoms with Crippen molar-refractivity contribution in [3.05, 3.63) is 152 Å². The summed E-state index contributed by atoms with van der Waals surface area (Å²) < 4.78 is 12.7. The molecule has 18 nitrogen and oxygen atoms in total. The smallest absolute Gasteiger partial charge is 0.325 e. The van der Waals surface area contributed by atoms with E-state index in [2.05, 4.69) is 27.2 Å². The maximum atomic E-state index is 13.6. The molecule has 6 N–H and O–H groups in total. The second kappa shape index (κ2) is 24.3. The predicted molar refractivity (Wildman–Crippen MR) is 221 cm³/mol. The molecule has 0 spiro atoms.